The van der Waals surface area contributed by atoms with Crippen LogP contribution in [-0.4, -0.2) is 11.0 Å². The van der Waals surface area contributed by atoms with Gasteiger partial charge in [0.25, 0.3) is 0 Å². The van der Waals surface area contributed by atoms with E-state index in [4.69, 9.17) is 5.11 Å². The van der Waals surface area contributed by atoms with E-state index in [1.54, 1.807) is 0 Å². The first-order valence-corrected chi connectivity index (χ1v) is 2.16. The predicted molar refractivity (Wildman–Crippen MR) is 24.3 cm³/mol. The first kappa shape index (κ1) is 9.39. The van der Waals surface area contributed by atoms with Crippen molar-refractivity contribution in [3.63, 3.8) is 0 Å². The van der Waals surface area contributed by atoms with Crippen molar-refractivity contribution >= 4 is 8.46 Å². The van der Waals surface area contributed by atoms with Crippen LogP contribution in [0.4, 0.5) is 0 Å². The molecule has 0 aliphatic carbocycles. The van der Waals surface area contributed by atoms with Gasteiger partial charge in [0.1, 0.15) is 5.85 Å². The normalized spacial score (nSPS) is 13.0. The minimum Gasteiger partial charge on any atom is -0.381 e. The van der Waals surface area contributed by atoms with Gasteiger partial charge < -0.3 is 11.3 Å². The monoisotopic (exact) mass is 109 g/mol. The van der Waals surface area contributed by atoms with Crippen molar-refractivity contribution in [3.05, 3.63) is 0 Å². The third-order valence-corrected chi connectivity index (χ3v) is 0.458. The van der Waals surface area contributed by atoms with Gasteiger partial charge in [0.15, 0.2) is 8.46 Å². The molecule has 0 aromatic carbocycles. The van der Waals surface area contributed by atoms with Crippen LogP contribution in [0.2, 0.25) is 0 Å². The molecule has 6 heavy (non-hydrogen) atoms. The number of aliphatic hydroxyl groups excluding tert-OH is 1. The molecule has 0 aliphatic heterocycles. The molecule has 0 fully saturated rings. The van der Waals surface area contributed by atoms with E-state index in [0.717, 1.165) is 0 Å². The van der Waals surface area contributed by atoms with Gasteiger partial charge in [-0.1, -0.05) is 0 Å². The fourth-order valence-electron chi connectivity index (χ4n) is 0. The maximum absolute atomic E-state index is 9.35. The quantitative estimate of drug-likeness (QED) is 0.488. The van der Waals surface area contributed by atoms with Crippen LogP contribution >= 0.6 is 8.46 Å². The highest BCUT2D eigenvalue weighted by Gasteiger charge is 1.83. The average molecular weight is 109 g/mol. The van der Waals surface area contributed by atoms with E-state index in [2.05, 4.69) is 0 Å². The molecule has 0 aromatic rings. The fourth-order valence-corrected chi connectivity index (χ4v) is 0. The van der Waals surface area contributed by atoms with Crippen LogP contribution in [0.1, 0.15) is 6.92 Å². The zero-order chi connectivity index (χ0) is 4.28. The van der Waals surface area contributed by atoms with E-state index >= 15 is 0 Å². The lowest BCUT2D eigenvalue weighted by Crippen LogP contribution is -1.80. The minimum atomic E-state index is -0.699. The molecule has 0 bridgehead atoms. The molecular weight excluding hydrogens is 101 g/mol. The van der Waals surface area contributed by atoms with E-state index in [1.807, 2.05) is 0 Å². The van der Waals surface area contributed by atoms with Gasteiger partial charge in [0.05, 0.1) is 0 Å². The van der Waals surface area contributed by atoms with Gasteiger partial charge in [-0.25, -0.2) is 0 Å². The molecule has 0 aliphatic rings. The Morgan fingerprint density at radius 2 is 2.00 bits per heavy atom. The van der Waals surface area contributed by atoms with E-state index < -0.39 is 5.85 Å². The van der Waals surface area contributed by atoms with Crippen molar-refractivity contribution in [3.8, 4) is 0 Å². The molecular formula is C2H8NO2P. The van der Waals surface area contributed by atoms with Gasteiger partial charge in [0.2, 0.25) is 0 Å². The van der Waals surface area contributed by atoms with Crippen LogP contribution < -0.4 is 6.15 Å². The Bertz CT molecular complexity index is 38.5. The molecule has 1 atom stereocenters. The van der Waals surface area contributed by atoms with E-state index in [0.29, 0.717) is 0 Å². The molecule has 4 heteroatoms. The fraction of sp³-hybridized carbons (Fsp3) is 1.00. The molecule has 0 spiro atoms. The van der Waals surface area contributed by atoms with Gasteiger partial charge >= 0.3 is 0 Å². The molecule has 38 valence electrons. The van der Waals surface area contributed by atoms with E-state index in [9.17, 15) is 4.57 Å². The first-order chi connectivity index (χ1) is 2.27. The van der Waals surface area contributed by atoms with Crippen LogP contribution in [0, 0.1) is 0 Å². The van der Waals surface area contributed by atoms with Crippen molar-refractivity contribution in [2.75, 3.05) is 0 Å². The number of hydrogen-bond acceptors (Lipinski definition) is 3. The molecule has 3 nitrogen and oxygen atoms in total. The summed E-state index contributed by atoms with van der Waals surface area (Å²) < 4.78 is 9.35. The standard InChI is InChI=1S/C2H5O2P.H3N/c1-2(3)5-4;/h2-3H,1H3;1H3. The summed E-state index contributed by atoms with van der Waals surface area (Å²) in [6.07, 6.45) is 0. The molecule has 0 heterocycles. The second-order valence-corrected chi connectivity index (χ2v) is 1.70. The van der Waals surface area contributed by atoms with Crippen molar-refractivity contribution in [1.29, 1.82) is 0 Å². The summed E-state index contributed by atoms with van der Waals surface area (Å²) in [5.74, 6) is -0.699. The van der Waals surface area contributed by atoms with Crippen molar-refractivity contribution in [2.24, 2.45) is 0 Å². The predicted octanol–water partition coefficient (Wildman–Crippen LogP) is 0.778. The van der Waals surface area contributed by atoms with Crippen LogP contribution in [0.3, 0.4) is 0 Å². The number of hydrogen-bond donors (Lipinski definition) is 2. The van der Waals surface area contributed by atoms with Crippen molar-refractivity contribution in [2.45, 2.75) is 12.8 Å². The second kappa shape index (κ2) is 5.02. The summed E-state index contributed by atoms with van der Waals surface area (Å²) in [6.45, 7) is 1.45. The van der Waals surface area contributed by atoms with Crippen LogP contribution in [0.15, 0.2) is 0 Å². The molecule has 0 saturated carbocycles. The Balaban J connectivity index is 0. The third kappa shape index (κ3) is 8.99. The van der Waals surface area contributed by atoms with Gasteiger partial charge in [-0.15, -0.1) is 0 Å². The van der Waals surface area contributed by atoms with Gasteiger partial charge in [0, 0.05) is 0 Å². The molecule has 4 N–H and O–H groups in total. The maximum Gasteiger partial charge on any atom is 0.186 e. The molecule has 0 radical (unpaired) electrons. The second-order valence-electron chi connectivity index (χ2n) is 0.737. The Morgan fingerprint density at radius 1 is 1.83 bits per heavy atom. The zero-order valence-electron chi connectivity index (χ0n) is 3.59. The number of aliphatic hydroxyl groups is 1. The highest BCUT2D eigenvalue weighted by atomic mass is 31.1. The smallest absolute Gasteiger partial charge is 0.186 e. The third-order valence-electron chi connectivity index (χ3n) is 0.153. The first-order valence-electron chi connectivity index (χ1n) is 1.28. The minimum absolute atomic E-state index is 0. The molecule has 0 amide bonds. The maximum atomic E-state index is 9.35. The summed E-state index contributed by atoms with van der Waals surface area (Å²) in [5.41, 5.74) is 0. The lowest BCUT2D eigenvalue weighted by molar-refractivity contribution is 0.276. The van der Waals surface area contributed by atoms with Crippen LogP contribution in [-0.2, 0) is 4.57 Å². The number of rotatable bonds is 1. The summed E-state index contributed by atoms with van der Waals surface area (Å²) in [5, 5.41) is 8.04. The van der Waals surface area contributed by atoms with Gasteiger partial charge in [-0.05, 0) is 6.92 Å². The summed E-state index contributed by atoms with van der Waals surface area (Å²) in [7, 11) is -0.198. The lowest BCUT2D eigenvalue weighted by Gasteiger charge is -1.77. The zero-order valence-corrected chi connectivity index (χ0v) is 4.48. The Kier molecular flexibility index (Phi) is 7.85. The van der Waals surface area contributed by atoms with Gasteiger partial charge in [-0.3, -0.25) is 4.57 Å². The van der Waals surface area contributed by atoms with Crippen molar-refractivity contribution in [1.82, 2.24) is 6.15 Å². The largest absolute Gasteiger partial charge is 0.381 e. The Morgan fingerprint density at radius 3 is 2.00 bits per heavy atom. The Hall–Kier alpha value is 0.0200. The highest BCUT2D eigenvalue weighted by molar-refractivity contribution is 7.24. The van der Waals surface area contributed by atoms with Crippen molar-refractivity contribution < 1.29 is 9.67 Å². The topological polar surface area (TPSA) is 72.3 Å². The lowest BCUT2D eigenvalue weighted by atomic mass is 10.9. The average Bonchev–Trinajstić information content (AvgIpc) is 1.38. The molecule has 0 saturated heterocycles. The van der Waals surface area contributed by atoms with Gasteiger partial charge in [-0.2, -0.15) is 0 Å². The molecule has 0 rings (SSSR count). The van der Waals surface area contributed by atoms with Crippen LogP contribution in [0.5, 0.6) is 0 Å². The van der Waals surface area contributed by atoms with E-state index in [1.165, 1.54) is 6.92 Å². The summed E-state index contributed by atoms with van der Waals surface area (Å²) >= 11 is 0. The summed E-state index contributed by atoms with van der Waals surface area (Å²) in [4.78, 5) is 0. The SMILES string of the molecule is CC(O)P=O.N. The molecule has 0 aromatic heterocycles. The van der Waals surface area contributed by atoms with E-state index in [-0.39, 0.29) is 14.6 Å². The van der Waals surface area contributed by atoms with Crippen LogP contribution in [0.25, 0.3) is 0 Å². The molecule has 1 unspecified atom stereocenters. The highest BCUT2D eigenvalue weighted by Crippen LogP contribution is 1.96. The summed E-state index contributed by atoms with van der Waals surface area (Å²) in [6, 6.07) is 0. The Labute approximate surface area is 38.2 Å².